The number of aryl methyl sites for hydroxylation is 2. The van der Waals surface area contributed by atoms with E-state index in [2.05, 4.69) is 10.3 Å². The second-order valence-corrected chi connectivity index (χ2v) is 6.26. The zero-order chi connectivity index (χ0) is 13.8. The summed E-state index contributed by atoms with van der Waals surface area (Å²) in [6, 6.07) is 3.61. The molecule has 0 aliphatic carbocycles. The van der Waals surface area contributed by atoms with Gasteiger partial charge in [-0.15, -0.1) is 22.7 Å². The number of thiophene rings is 1. The van der Waals surface area contributed by atoms with Crippen molar-refractivity contribution in [1.29, 1.82) is 0 Å². The van der Waals surface area contributed by atoms with Crippen molar-refractivity contribution >= 4 is 39.5 Å². The van der Waals surface area contributed by atoms with Gasteiger partial charge in [-0.3, -0.25) is 9.59 Å². The number of rotatable bonds is 5. The number of aromatic nitrogens is 1. The average Bonchev–Trinajstić information content (AvgIpc) is 2.98. The first kappa shape index (κ1) is 13.9. The predicted octanol–water partition coefficient (Wildman–Crippen LogP) is 3.42. The van der Waals surface area contributed by atoms with Crippen LogP contribution in [0.25, 0.3) is 0 Å². The molecule has 0 aliphatic rings. The van der Waals surface area contributed by atoms with Crippen molar-refractivity contribution < 1.29 is 9.59 Å². The van der Waals surface area contributed by atoms with Crippen molar-refractivity contribution in [3.05, 3.63) is 33.0 Å². The first-order valence-corrected chi connectivity index (χ1v) is 7.56. The number of thiazole rings is 1. The number of anilines is 1. The van der Waals surface area contributed by atoms with Gasteiger partial charge in [-0.1, -0.05) is 6.07 Å². The smallest absolute Gasteiger partial charge is 0.226 e. The Balaban J connectivity index is 1.83. The summed E-state index contributed by atoms with van der Waals surface area (Å²) in [6.07, 6.45) is 0.421. The molecule has 0 aromatic carbocycles. The number of carbonyl (C=O) groups excluding carboxylic acids is 2. The van der Waals surface area contributed by atoms with Crippen LogP contribution in [0.3, 0.4) is 0 Å². The van der Waals surface area contributed by atoms with Crippen molar-refractivity contribution in [2.75, 3.05) is 5.32 Å². The van der Waals surface area contributed by atoms with Crippen LogP contribution < -0.4 is 5.32 Å². The van der Waals surface area contributed by atoms with Gasteiger partial charge in [0.2, 0.25) is 5.91 Å². The summed E-state index contributed by atoms with van der Waals surface area (Å²) in [5.74, 6) is -0.157. The minimum absolute atomic E-state index is 0.0108. The van der Waals surface area contributed by atoms with Crippen LogP contribution in [0.4, 0.5) is 5.13 Å². The average molecular weight is 294 g/mol. The molecular weight excluding hydrogens is 280 g/mol. The molecule has 1 amide bonds. The maximum absolute atomic E-state index is 11.7. The van der Waals surface area contributed by atoms with Crippen molar-refractivity contribution in [2.24, 2.45) is 0 Å². The van der Waals surface area contributed by atoms with Crippen LogP contribution in [0, 0.1) is 13.8 Å². The monoisotopic (exact) mass is 294 g/mol. The van der Waals surface area contributed by atoms with Crippen LogP contribution in [0.2, 0.25) is 0 Å². The van der Waals surface area contributed by atoms with E-state index in [1.165, 1.54) is 22.7 Å². The minimum atomic E-state index is -0.168. The number of hydrogen-bond acceptors (Lipinski definition) is 5. The standard InChI is InChI=1S/C13H14N2O2S2/c1-8-9(2)19-13(14-8)15-12(17)6-5-10(16)11-4-3-7-18-11/h3-4,7H,5-6H2,1-2H3,(H,14,15,17). The number of carbonyl (C=O) groups is 2. The summed E-state index contributed by atoms with van der Waals surface area (Å²) in [6.45, 7) is 3.87. The van der Waals surface area contributed by atoms with E-state index in [0.29, 0.717) is 10.0 Å². The van der Waals surface area contributed by atoms with Crippen LogP contribution >= 0.6 is 22.7 Å². The Bertz CT molecular complexity index is 568. The van der Waals surface area contributed by atoms with Gasteiger partial charge in [0.05, 0.1) is 10.6 Å². The fourth-order valence-electron chi connectivity index (χ4n) is 1.50. The lowest BCUT2D eigenvalue weighted by Crippen LogP contribution is -2.13. The van der Waals surface area contributed by atoms with Gasteiger partial charge in [0.15, 0.2) is 10.9 Å². The molecule has 0 unspecified atom stereocenters. The third kappa shape index (κ3) is 3.71. The summed E-state index contributed by atoms with van der Waals surface area (Å²) in [4.78, 5) is 29.5. The molecule has 2 heterocycles. The van der Waals surface area contributed by atoms with E-state index < -0.39 is 0 Å². The van der Waals surface area contributed by atoms with Gasteiger partial charge in [-0.05, 0) is 25.3 Å². The molecule has 2 aromatic rings. The number of Topliss-reactive ketones (excluding diaryl/α,β-unsaturated/α-hetero) is 1. The minimum Gasteiger partial charge on any atom is -0.302 e. The van der Waals surface area contributed by atoms with Gasteiger partial charge >= 0.3 is 0 Å². The highest BCUT2D eigenvalue weighted by Gasteiger charge is 2.12. The van der Waals surface area contributed by atoms with Crippen molar-refractivity contribution in [3.63, 3.8) is 0 Å². The van der Waals surface area contributed by atoms with Crippen LogP contribution in [-0.2, 0) is 4.79 Å². The van der Waals surface area contributed by atoms with E-state index in [0.717, 1.165) is 10.6 Å². The largest absolute Gasteiger partial charge is 0.302 e. The maximum Gasteiger partial charge on any atom is 0.226 e. The second-order valence-electron chi connectivity index (χ2n) is 4.11. The molecule has 0 spiro atoms. The summed E-state index contributed by atoms with van der Waals surface area (Å²) < 4.78 is 0. The number of nitrogens with zero attached hydrogens (tertiary/aromatic N) is 1. The Hall–Kier alpha value is -1.53. The fraction of sp³-hybridized carbons (Fsp3) is 0.308. The molecule has 0 atom stereocenters. The number of ketones is 1. The lowest BCUT2D eigenvalue weighted by Gasteiger charge is -2.00. The van der Waals surface area contributed by atoms with Gasteiger partial charge < -0.3 is 5.32 Å². The Kier molecular flexibility index (Phi) is 4.44. The molecule has 0 saturated carbocycles. The molecule has 100 valence electrons. The normalized spacial score (nSPS) is 10.4. The molecule has 4 nitrogen and oxygen atoms in total. The molecule has 19 heavy (non-hydrogen) atoms. The summed E-state index contributed by atoms with van der Waals surface area (Å²) in [7, 11) is 0. The zero-order valence-corrected chi connectivity index (χ0v) is 12.4. The van der Waals surface area contributed by atoms with Crippen LogP contribution in [0.1, 0.15) is 33.1 Å². The fourth-order valence-corrected chi connectivity index (χ4v) is 3.02. The number of amides is 1. The predicted molar refractivity (Wildman–Crippen MR) is 78.1 cm³/mol. The molecule has 0 radical (unpaired) electrons. The lowest BCUT2D eigenvalue weighted by molar-refractivity contribution is -0.116. The molecule has 2 aromatic heterocycles. The van der Waals surface area contributed by atoms with E-state index in [1.54, 1.807) is 6.07 Å². The molecule has 6 heteroatoms. The van der Waals surface area contributed by atoms with Gasteiger partial charge in [0, 0.05) is 17.7 Å². The molecule has 0 fully saturated rings. The molecule has 1 N–H and O–H groups in total. The Labute approximate surface area is 119 Å². The SMILES string of the molecule is Cc1nc(NC(=O)CCC(=O)c2cccs2)sc1C. The lowest BCUT2D eigenvalue weighted by atomic mass is 10.2. The second kappa shape index (κ2) is 6.08. The van der Waals surface area contributed by atoms with Gasteiger partial charge in [0.1, 0.15) is 0 Å². The van der Waals surface area contributed by atoms with Crippen LogP contribution in [0.15, 0.2) is 17.5 Å². The Morgan fingerprint density at radius 1 is 1.32 bits per heavy atom. The molecular formula is C13H14N2O2S2. The number of nitrogens with one attached hydrogen (secondary N) is 1. The Morgan fingerprint density at radius 2 is 2.11 bits per heavy atom. The highest BCUT2D eigenvalue weighted by molar-refractivity contribution is 7.15. The summed E-state index contributed by atoms with van der Waals surface area (Å²) in [5.41, 5.74) is 0.926. The highest BCUT2D eigenvalue weighted by atomic mass is 32.1. The topological polar surface area (TPSA) is 59.1 Å². The summed E-state index contributed by atoms with van der Waals surface area (Å²) in [5, 5.41) is 5.18. The molecule has 0 saturated heterocycles. The van der Waals surface area contributed by atoms with E-state index >= 15 is 0 Å². The van der Waals surface area contributed by atoms with Gasteiger partial charge in [-0.25, -0.2) is 4.98 Å². The molecule has 2 rings (SSSR count). The van der Waals surface area contributed by atoms with E-state index in [9.17, 15) is 9.59 Å². The summed E-state index contributed by atoms with van der Waals surface area (Å²) >= 11 is 2.85. The first-order chi connectivity index (χ1) is 9.06. The highest BCUT2D eigenvalue weighted by Crippen LogP contribution is 2.21. The van der Waals surface area contributed by atoms with Gasteiger partial charge in [-0.2, -0.15) is 0 Å². The molecule has 0 bridgehead atoms. The van der Waals surface area contributed by atoms with E-state index in [-0.39, 0.29) is 24.5 Å². The van der Waals surface area contributed by atoms with E-state index in [1.807, 2.05) is 25.3 Å². The van der Waals surface area contributed by atoms with Gasteiger partial charge in [0.25, 0.3) is 0 Å². The number of hydrogen-bond donors (Lipinski definition) is 1. The molecule has 0 aliphatic heterocycles. The zero-order valence-electron chi connectivity index (χ0n) is 10.7. The van der Waals surface area contributed by atoms with E-state index in [4.69, 9.17) is 0 Å². The maximum atomic E-state index is 11.7. The van der Waals surface area contributed by atoms with Crippen LogP contribution in [0.5, 0.6) is 0 Å². The first-order valence-electron chi connectivity index (χ1n) is 5.87. The quantitative estimate of drug-likeness (QED) is 0.860. The van der Waals surface area contributed by atoms with Crippen molar-refractivity contribution in [2.45, 2.75) is 26.7 Å². The van der Waals surface area contributed by atoms with Crippen LogP contribution in [-0.4, -0.2) is 16.7 Å². The third-order valence-electron chi connectivity index (χ3n) is 2.65. The van der Waals surface area contributed by atoms with Crippen molar-refractivity contribution in [3.8, 4) is 0 Å². The van der Waals surface area contributed by atoms with Crippen molar-refractivity contribution in [1.82, 2.24) is 4.98 Å². The Morgan fingerprint density at radius 3 is 2.68 bits per heavy atom. The third-order valence-corrected chi connectivity index (χ3v) is 4.55.